The normalized spacial score (nSPS) is 12.4. The molecule has 0 aliphatic rings. The minimum atomic E-state index is -4.76. The highest BCUT2D eigenvalue weighted by molar-refractivity contribution is 7.46. The van der Waals surface area contributed by atoms with Gasteiger partial charge in [0.05, 0.1) is 6.61 Å². The zero-order valence-corrected chi connectivity index (χ0v) is 41.2. The van der Waals surface area contributed by atoms with E-state index in [9.17, 15) is 14.2 Å². The van der Waals surface area contributed by atoms with Crippen molar-refractivity contribution in [2.75, 3.05) is 13.2 Å². The van der Waals surface area contributed by atoms with E-state index in [2.05, 4.69) is 30.5 Å². The molecule has 0 aromatic carbocycles. The Labute approximate surface area is 377 Å². The van der Waals surface area contributed by atoms with Crippen LogP contribution in [0.25, 0.3) is 0 Å². The summed E-state index contributed by atoms with van der Waals surface area (Å²) < 4.78 is 26.6. The van der Waals surface area contributed by atoms with Crippen LogP contribution in [0.2, 0.25) is 0 Å². The molecule has 0 saturated heterocycles. The van der Waals surface area contributed by atoms with Gasteiger partial charge in [0.15, 0.2) is 6.10 Å². The molecule has 9 heteroatoms. The third-order valence-electron chi connectivity index (χ3n) is 12.0. The van der Waals surface area contributed by atoms with Crippen LogP contribution in [0.15, 0.2) is 12.2 Å². The van der Waals surface area contributed by atoms with E-state index >= 15 is 0 Å². The van der Waals surface area contributed by atoms with E-state index < -0.39 is 32.5 Å². The molecule has 2 N–H and O–H groups in total. The number of esters is 2. The Morgan fingerprint density at radius 2 is 0.689 bits per heavy atom. The van der Waals surface area contributed by atoms with Crippen molar-refractivity contribution in [1.82, 2.24) is 0 Å². The van der Waals surface area contributed by atoms with Crippen LogP contribution in [0, 0.1) is 0 Å². The Kier molecular flexibility index (Phi) is 47.3. The Morgan fingerprint density at radius 1 is 0.410 bits per heavy atom. The smallest absolute Gasteiger partial charge is 0.462 e. The highest BCUT2D eigenvalue weighted by atomic mass is 31.2. The van der Waals surface area contributed by atoms with Gasteiger partial charge in [-0.25, -0.2) is 4.57 Å². The molecule has 0 heterocycles. The van der Waals surface area contributed by atoms with E-state index in [0.29, 0.717) is 6.42 Å². The molecule has 362 valence electrons. The molecule has 0 aromatic heterocycles. The number of carbonyl (C=O) groups is 2. The molecule has 8 nitrogen and oxygen atoms in total. The summed E-state index contributed by atoms with van der Waals surface area (Å²) >= 11 is 0. The molecule has 0 aromatic rings. The van der Waals surface area contributed by atoms with E-state index in [1.807, 2.05) is 0 Å². The SMILES string of the molecule is CCCCCCCC/C=C/CCCCCCCCCCCCCC(=O)O[C@H](COC(=O)CCCCCCCCCCCCCCCCCCCCCCCC)COP(=O)(O)O. The summed E-state index contributed by atoms with van der Waals surface area (Å²) in [6, 6.07) is 0. The Balaban J connectivity index is 3.75. The van der Waals surface area contributed by atoms with Crippen LogP contribution in [0.5, 0.6) is 0 Å². The molecule has 0 unspecified atom stereocenters. The number of carbonyl (C=O) groups excluding carboxylic acids is 2. The van der Waals surface area contributed by atoms with Crippen LogP contribution in [0.4, 0.5) is 0 Å². The largest absolute Gasteiger partial charge is 0.469 e. The zero-order valence-electron chi connectivity index (χ0n) is 40.3. The molecule has 0 bridgehead atoms. The van der Waals surface area contributed by atoms with Gasteiger partial charge in [0.2, 0.25) is 0 Å². The van der Waals surface area contributed by atoms with Gasteiger partial charge < -0.3 is 19.3 Å². The van der Waals surface area contributed by atoms with Crippen molar-refractivity contribution in [1.29, 1.82) is 0 Å². The number of ether oxygens (including phenoxy) is 2. The van der Waals surface area contributed by atoms with Gasteiger partial charge in [-0.2, -0.15) is 0 Å². The summed E-state index contributed by atoms with van der Waals surface area (Å²) in [6.07, 6.45) is 56.6. The molecule has 0 amide bonds. The molecule has 0 saturated carbocycles. The molecule has 0 fully saturated rings. The van der Waals surface area contributed by atoms with Gasteiger partial charge in [-0.15, -0.1) is 0 Å². The lowest BCUT2D eigenvalue weighted by molar-refractivity contribution is -0.161. The monoisotopic (exact) mass is 885 g/mol. The summed E-state index contributed by atoms with van der Waals surface area (Å²) in [4.78, 5) is 43.1. The van der Waals surface area contributed by atoms with Gasteiger partial charge in [0.1, 0.15) is 6.61 Å². The molecule has 0 aliphatic heterocycles. The van der Waals surface area contributed by atoms with Gasteiger partial charge in [0.25, 0.3) is 0 Å². The second-order valence-corrected chi connectivity index (χ2v) is 19.5. The molecule has 0 rings (SSSR count). The van der Waals surface area contributed by atoms with Crippen molar-refractivity contribution in [2.45, 2.75) is 296 Å². The van der Waals surface area contributed by atoms with Crippen molar-refractivity contribution in [3.63, 3.8) is 0 Å². The summed E-state index contributed by atoms with van der Waals surface area (Å²) in [6.45, 7) is 3.74. The lowest BCUT2D eigenvalue weighted by atomic mass is 10.0. The molecule has 1 atom stereocenters. The maximum absolute atomic E-state index is 12.5. The lowest BCUT2D eigenvalue weighted by Gasteiger charge is -2.18. The molecule has 0 radical (unpaired) electrons. The van der Waals surface area contributed by atoms with Gasteiger partial charge in [0, 0.05) is 12.8 Å². The summed E-state index contributed by atoms with van der Waals surface area (Å²) in [5, 5.41) is 0. The van der Waals surface area contributed by atoms with Crippen molar-refractivity contribution in [3.05, 3.63) is 12.2 Å². The highest BCUT2D eigenvalue weighted by Crippen LogP contribution is 2.36. The first-order valence-corrected chi connectivity index (χ1v) is 28.0. The van der Waals surface area contributed by atoms with Crippen LogP contribution in [0.3, 0.4) is 0 Å². The first kappa shape index (κ1) is 59.8. The van der Waals surface area contributed by atoms with Crippen molar-refractivity contribution in [3.8, 4) is 0 Å². The average Bonchev–Trinajstić information content (AvgIpc) is 3.23. The third kappa shape index (κ3) is 51.3. The summed E-state index contributed by atoms with van der Waals surface area (Å²) in [7, 11) is -4.76. The summed E-state index contributed by atoms with van der Waals surface area (Å²) in [5.41, 5.74) is 0. The number of allylic oxidation sites excluding steroid dienone is 2. The minimum absolute atomic E-state index is 0.216. The maximum Gasteiger partial charge on any atom is 0.469 e. The number of hydrogen-bond donors (Lipinski definition) is 2. The zero-order chi connectivity index (χ0) is 44.6. The maximum atomic E-state index is 12.5. The Bertz CT molecular complexity index is 998. The van der Waals surface area contributed by atoms with Crippen LogP contribution < -0.4 is 0 Å². The second kappa shape index (κ2) is 48.3. The fourth-order valence-corrected chi connectivity index (χ4v) is 8.44. The highest BCUT2D eigenvalue weighted by Gasteiger charge is 2.23. The Morgan fingerprint density at radius 3 is 1.00 bits per heavy atom. The van der Waals surface area contributed by atoms with Gasteiger partial charge in [-0.05, 0) is 38.5 Å². The quantitative estimate of drug-likeness (QED) is 0.0268. The van der Waals surface area contributed by atoms with Gasteiger partial charge in [-0.3, -0.25) is 14.1 Å². The molecule has 61 heavy (non-hydrogen) atoms. The first-order chi connectivity index (χ1) is 29.8. The van der Waals surface area contributed by atoms with Crippen molar-refractivity contribution < 1.29 is 37.9 Å². The number of phosphoric ester groups is 1. The first-order valence-electron chi connectivity index (χ1n) is 26.5. The predicted molar refractivity (Wildman–Crippen MR) is 258 cm³/mol. The van der Waals surface area contributed by atoms with Crippen LogP contribution >= 0.6 is 7.82 Å². The topological polar surface area (TPSA) is 119 Å². The molecular formula is C52H101O8P. The minimum Gasteiger partial charge on any atom is -0.462 e. The lowest BCUT2D eigenvalue weighted by Crippen LogP contribution is -2.29. The van der Waals surface area contributed by atoms with E-state index in [1.54, 1.807) is 0 Å². The molecular weight excluding hydrogens is 784 g/mol. The molecule has 0 spiro atoms. The Hall–Kier alpha value is -1.21. The van der Waals surface area contributed by atoms with Crippen LogP contribution in [-0.4, -0.2) is 41.0 Å². The molecule has 0 aliphatic carbocycles. The van der Waals surface area contributed by atoms with Crippen molar-refractivity contribution in [2.24, 2.45) is 0 Å². The van der Waals surface area contributed by atoms with E-state index in [4.69, 9.17) is 19.3 Å². The van der Waals surface area contributed by atoms with E-state index in [-0.39, 0.29) is 19.4 Å². The van der Waals surface area contributed by atoms with Gasteiger partial charge in [-0.1, -0.05) is 251 Å². The number of rotatable bonds is 50. The van der Waals surface area contributed by atoms with Crippen LogP contribution in [-0.2, 0) is 28.2 Å². The average molecular weight is 885 g/mol. The van der Waals surface area contributed by atoms with Crippen LogP contribution in [0.1, 0.15) is 290 Å². The fourth-order valence-electron chi connectivity index (χ4n) is 8.08. The van der Waals surface area contributed by atoms with E-state index in [1.165, 1.54) is 218 Å². The second-order valence-electron chi connectivity index (χ2n) is 18.2. The number of hydrogen-bond acceptors (Lipinski definition) is 6. The number of phosphoric acid groups is 1. The predicted octanol–water partition coefficient (Wildman–Crippen LogP) is 16.9. The summed E-state index contributed by atoms with van der Waals surface area (Å²) in [5.74, 6) is -0.865. The third-order valence-corrected chi connectivity index (χ3v) is 12.5. The van der Waals surface area contributed by atoms with Crippen molar-refractivity contribution >= 4 is 19.8 Å². The fraction of sp³-hybridized carbons (Fsp3) is 0.923. The standard InChI is InChI=1S/C52H101O8P/c1-3-5-7-9-11-13-15-17-19-21-23-25-27-28-30-32-34-36-38-40-42-44-46-51(53)58-48-50(49-59-61(55,56)57)60-52(54)47-45-43-41-39-37-35-33-31-29-26-24-22-20-18-16-14-12-10-8-6-4-2/h18,20,50H,3-17,19,21-49H2,1-2H3,(H2,55,56,57)/b20-18+/t50-/m1/s1. The van der Waals surface area contributed by atoms with Gasteiger partial charge >= 0.3 is 19.8 Å². The van der Waals surface area contributed by atoms with E-state index in [0.717, 1.165) is 38.5 Å². The number of unbranched alkanes of at least 4 members (excludes halogenated alkanes) is 38.